The van der Waals surface area contributed by atoms with Crippen LogP contribution in [0.4, 0.5) is 19.0 Å². The lowest BCUT2D eigenvalue weighted by atomic mass is 10.1. The van der Waals surface area contributed by atoms with Crippen molar-refractivity contribution in [3.05, 3.63) is 18.1 Å². The highest BCUT2D eigenvalue weighted by Gasteiger charge is 2.35. The largest absolute Gasteiger partial charge is 0.451 e. The van der Waals surface area contributed by atoms with Crippen molar-refractivity contribution in [3.63, 3.8) is 0 Å². The summed E-state index contributed by atoms with van der Waals surface area (Å²) in [5.74, 6) is -0.717. The first kappa shape index (κ1) is 14.0. The number of rotatable bonds is 2. The van der Waals surface area contributed by atoms with Gasteiger partial charge >= 0.3 is 6.18 Å². The Kier molecular flexibility index (Phi) is 3.93. The Hall–Kier alpha value is -1.37. The number of likely N-dealkylation sites (N-methyl/N-ethyl adjacent to an activating group) is 1. The second kappa shape index (κ2) is 5.32. The smallest absolute Gasteiger partial charge is 0.355 e. The molecule has 1 aromatic heterocycles. The average molecular weight is 274 g/mol. The summed E-state index contributed by atoms with van der Waals surface area (Å²) in [6, 6.07) is 1.88. The number of piperidine rings is 1. The van der Waals surface area contributed by atoms with Crippen molar-refractivity contribution in [3.8, 4) is 0 Å². The third kappa shape index (κ3) is 3.34. The summed E-state index contributed by atoms with van der Waals surface area (Å²) in [6.07, 6.45) is -1.31. The summed E-state index contributed by atoms with van der Waals surface area (Å²) in [4.78, 5) is 10.9. The van der Waals surface area contributed by atoms with E-state index >= 15 is 0 Å². The molecule has 0 bridgehead atoms. The van der Waals surface area contributed by atoms with Crippen LogP contribution in [-0.4, -0.2) is 48.1 Å². The molecule has 1 aliphatic rings. The molecular weight excluding hydrogens is 257 g/mol. The molecule has 1 fully saturated rings. The van der Waals surface area contributed by atoms with Crippen molar-refractivity contribution in [1.82, 2.24) is 14.9 Å². The van der Waals surface area contributed by atoms with Crippen LogP contribution in [0, 0.1) is 0 Å². The molecule has 0 N–H and O–H groups in total. The molecule has 1 unspecified atom stereocenters. The lowest BCUT2D eigenvalue weighted by Crippen LogP contribution is -2.45. The van der Waals surface area contributed by atoms with Gasteiger partial charge in [-0.1, -0.05) is 0 Å². The normalized spacial score (nSPS) is 20.9. The maximum absolute atomic E-state index is 12.6. The first-order valence-electron chi connectivity index (χ1n) is 6.19. The van der Waals surface area contributed by atoms with E-state index in [9.17, 15) is 13.2 Å². The van der Waals surface area contributed by atoms with Gasteiger partial charge in [0.15, 0.2) is 0 Å². The molecular formula is C12H17F3N4. The van der Waals surface area contributed by atoms with Gasteiger partial charge in [0, 0.05) is 25.3 Å². The monoisotopic (exact) mass is 274 g/mol. The van der Waals surface area contributed by atoms with Crippen molar-refractivity contribution in [1.29, 1.82) is 0 Å². The maximum Gasteiger partial charge on any atom is 0.451 e. The zero-order valence-corrected chi connectivity index (χ0v) is 11.0. The van der Waals surface area contributed by atoms with E-state index in [0.29, 0.717) is 18.4 Å². The average Bonchev–Trinajstić information content (AvgIpc) is 2.38. The van der Waals surface area contributed by atoms with E-state index in [1.807, 2.05) is 19.0 Å². The van der Waals surface area contributed by atoms with E-state index in [-0.39, 0.29) is 0 Å². The van der Waals surface area contributed by atoms with Crippen LogP contribution < -0.4 is 4.90 Å². The third-order valence-electron chi connectivity index (χ3n) is 3.35. The van der Waals surface area contributed by atoms with Gasteiger partial charge in [-0.2, -0.15) is 13.2 Å². The molecule has 0 spiro atoms. The SMILES string of the molecule is CN(C)C1CCCN(c2ccnc(C(F)(F)F)n2)C1. The van der Waals surface area contributed by atoms with E-state index < -0.39 is 12.0 Å². The van der Waals surface area contributed by atoms with E-state index in [1.54, 1.807) is 0 Å². The lowest BCUT2D eigenvalue weighted by molar-refractivity contribution is -0.144. The Morgan fingerprint density at radius 2 is 2.11 bits per heavy atom. The molecule has 0 radical (unpaired) electrons. The van der Waals surface area contributed by atoms with Crippen LogP contribution >= 0.6 is 0 Å². The quantitative estimate of drug-likeness (QED) is 0.826. The predicted octanol–water partition coefficient (Wildman–Crippen LogP) is 2.03. The summed E-state index contributed by atoms with van der Waals surface area (Å²) in [5.41, 5.74) is 0. The molecule has 1 aliphatic heterocycles. The Morgan fingerprint density at radius 3 is 2.74 bits per heavy atom. The van der Waals surface area contributed by atoms with Gasteiger partial charge in [-0.3, -0.25) is 0 Å². The molecule has 19 heavy (non-hydrogen) atoms. The molecule has 2 heterocycles. The van der Waals surface area contributed by atoms with Crippen LogP contribution in [0.5, 0.6) is 0 Å². The summed E-state index contributed by atoms with van der Waals surface area (Å²) < 4.78 is 37.8. The minimum atomic E-state index is -4.49. The van der Waals surface area contributed by atoms with Gasteiger partial charge in [0.2, 0.25) is 5.82 Å². The zero-order valence-electron chi connectivity index (χ0n) is 11.0. The van der Waals surface area contributed by atoms with Crippen molar-refractivity contribution in [2.45, 2.75) is 25.1 Å². The number of anilines is 1. The summed E-state index contributed by atoms with van der Waals surface area (Å²) >= 11 is 0. The number of alkyl halides is 3. The zero-order chi connectivity index (χ0) is 14.0. The predicted molar refractivity (Wildman–Crippen MR) is 66.0 cm³/mol. The summed E-state index contributed by atoms with van der Waals surface area (Å²) in [7, 11) is 3.96. The number of halogens is 3. The third-order valence-corrected chi connectivity index (χ3v) is 3.35. The number of nitrogens with zero attached hydrogens (tertiary/aromatic N) is 4. The molecule has 0 aromatic carbocycles. The molecule has 1 aromatic rings. The van der Waals surface area contributed by atoms with Crippen molar-refractivity contribution >= 4 is 5.82 Å². The Morgan fingerprint density at radius 1 is 1.37 bits per heavy atom. The van der Waals surface area contributed by atoms with Gasteiger partial charge < -0.3 is 9.80 Å². The van der Waals surface area contributed by atoms with Crippen LogP contribution in [0.25, 0.3) is 0 Å². The second-order valence-electron chi connectivity index (χ2n) is 4.94. The molecule has 1 saturated heterocycles. The van der Waals surface area contributed by atoms with E-state index in [1.165, 1.54) is 12.3 Å². The van der Waals surface area contributed by atoms with Gasteiger partial charge in [-0.05, 0) is 33.0 Å². The Bertz CT molecular complexity index is 433. The van der Waals surface area contributed by atoms with E-state index in [2.05, 4.69) is 14.9 Å². The first-order chi connectivity index (χ1) is 8.88. The fourth-order valence-electron chi connectivity index (χ4n) is 2.25. The summed E-state index contributed by atoms with van der Waals surface area (Å²) in [6.45, 7) is 1.43. The standard InChI is InChI=1S/C12H17F3N4/c1-18(2)9-4-3-7-19(8-9)10-5-6-16-11(17-10)12(13,14)15/h5-6,9H,3-4,7-8H2,1-2H3. The first-order valence-corrected chi connectivity index (χ1v) is 6.19. The minimum Gasteiger partial charge on any atom is -0.355 e. The Balaban J connectivity index is 2.17. The van der Waals surface area contributed by atoms with Crippen LogP contribution in [0.15, 0.2) is 12.3 Å². The molecule has 4 nitrogen and oxygen atoms in total. The molecule has 2 rings (SSSR count). The maximum atomic E-state index is 12.6. The summed E-state index contributed by atoms with van der Waals surface area (Å²) in [5, 5.41) is 0. The van der Waals surface area contributed by atoms with Gasteiger partial charge in [0.25, 0.3) is 0 Å². The molecule has 0 aliphatic carbocycles. The fraction of sp³-hybridized carbons (Fsp3) is 0.667. The van der Waals surface area contributed by atoms with Gasteiger partial charge in [0.1, 0.15) is 5.82 Å². The fourth-order valence-corrected chi connectivity index (χ4v) is 2.25. The highest BCUT2D eigenvalue weighted by molar-refractivity contribution is 5.38. The van der Waals surface area contributed by atoms with E-state index in [4.69, 9.17) is 0 Å². The molecule has 0 saturated carbocycles. The van der Waals surface area contributed by atoms with Crippen LogP contribution in [0.2, 0.25) is 0 Å². The highest BCUT2D eigenvalue weighted by atomic mass is 19.4. The van der Waals surface area contributed by atoms with Gasteiger partial charge in [0.05, 0.1) is 0 Å². The van der Waals surface area contributed by atoms with Crippen LogP contribution in [0.3, 0.4) is 0 Å². The minimum absolute atomic E-state index is 0.345. The number of hydrogen-bond donors (Lipinski definition) is 0. The van der Waals surface area contributed by atoms with Crippen molar-refractivity contribution in [2.75, 3.05) is 32.1 Å². The molecule has 0 amide bonds. The van der Waals surface area contributed by atoms with Crippen LogP contribution in [0.1, 0.15) is 18.7 Å². The van der Waals surface area contributed by atoms with Crippen molar-refractivity contribution in [2.24, 2.45) is 0 Å². The highest BCUT2D eigenvalue weighted by Crippen LogP contribution is 2.28. The number of hydrogen-bond acceptors (Lipinski definition) is 4. The molecule has 106 valence electrons. The van der Waals surface area contributed by atoms with Gasteiger partial charge in [-0.15, -0.1) is 0 Å². The van der Waals surface area contributed by atoms with Crippen LogP contribution in [-0.2, 0) is 6.18 Å². The Labute approximate surface area is 110 Å². The van der Waals surface area contributed by atoms with Gasteiger partial charge in [-0.25, -0.2) is 9.97 Å². The van der Waals surface area contributed by atoms with E-state index in [0.717, 1.165) is 19.4 Å². The number of aromatic nitrogens is 2. The topological polar surface area (TPSA) is 32.3 Å². The molecule has 7 heteroatoms. The lowest BCUT2D eigenvalue weighted by Gasteiger charge is -2.36. The second-order valence-corrected chi connectivity index (χ2v) is 4.94. The van der Waals surface area contributed by atoms with Crippen molar-refractivity contribution < 1.29 is 13.2 Å². The molecule has 1 atom stereocenters.